The summed E-state index contributed by atoms with van der Waals surface area (Å²) in [5, 5.41) is 5.48. The molecule has 3 aromatic carbocycles. The number of carbonyl (C=O) groups is 2. The molecular weight excluding hydrogens is 490 g/mol. The number of anilines is 2. The molecule has 8 nitrogen and oxygen atoms in total. The summed E-state index contributed by atoms with van der Waals surface area (Å²) < 4.78 is 32.7. The Morgan fingerprint density at radius 2 is 1.57 bits per heavy atom. The number of hydrogen-bond donors (Lipinski definition) is 3. The Balaban J connectivity index is 1.47. The van der Waals surface area contributed by atoms with Gasteiger partial charge in [0.15, 0.2) is 0 Å². The van der Waals surface area contributed by atoms with Crippen molar-refractivity contribution < 1.29 is 22.4 Å². The molecule has 0 atom stereocenters. The lowest BCUT2D eigenvalue weighted by Crippen LogP contribution is -2.24. The molecule has 1 aromatic heterocycles. The van der Waals surface area contributed by atoms with E-state index >= 15 is 0 Å². The summed E-state index contributed by atoms with van der Waals surface area (Å²) in [6.45, 7) is 0.198. The molecule has 0 bridgehead atoms. The largest absolute Gasteiger partial charge is 0.467 e. The molecule has 0 aliphatic rings. The van der Waals surface area contributed by atoms with Crippen LogP contribution in [0.1, 0.15) is 26.5 Å². The van der Waals surface area contributed by atoms with Crippen molar-refractivity contribution >= 4 is 44.8 Å². The molecule has 10 heteroatoms. The molecule has 0 aliphatic heterocycles. The molecule has 0 unspecified atom stereocenters. The van der Waals surface area contributed by atoms with Gasteiger partial charge in [-0.3, -0.25) is 14.3 Å². The highest BCUT2D eigenvalue weighted by Gasteiger charge is 2.18. The van der Waals surface area contributed by atoms with Crippen molar-refractivity contribution in [3.05, 3.63) is 113 Å². The molecule has 35 heavy (non-hydrogen) atoms. The van der Waals surface area contributed by atoms with Crippen LogP contribution in [0.25, 0.3) is 0 Å². The second-order valence-electron chi connectivity index (χ2n) is 7.37. The van der Waals surface area contributed by atoms with Crippen molar-refractivity contribution in [2.75, 3.05) is 10.0 Å². The number of rotatable bonds is 8. The van der Waals surface area contributed by atoms with E-state index in [4.69, 9.17) is 16.0 Å². The van der Waals surface area contributed by atoms with Gasteiger partial charge >= 0.3 is 0 Å². The predicted octanol–water partition coefficient (Wildman–Crippen LogP) is 4.92. The van der Waals surface area contributed by atoms with Gasteiger partial charge in [-0.1, -0.05) is 41.9 Å². The van der Waals surface area contributed by atoms with Crippen LogP contribution < -0.4 is 15.4 Å². The summed E-state index contributed by atoms with van der Waals surface area (Å²) >= 11 is 6.26. The maximum absolute atomic E-state index is 12.8. The van der Waals surface area contributed by atoms with E-state index in [1.54, 1.807) is 54.6 Å². The average Bonchev–Trinajstić information content (AvgIpc) is 3.38. The molecule has 0 aliphatic carbocycles. The minimum Gasteiger partial charge on any atom is -0.467 e. The second-order valence-corrected chi connectivity index (χ2v) is 9.46. The van der Waals surface area contributed by atoms with Gasteiger partial charge in [-0.25, -0.2) is 8.42 Å². The molecule has 1 heterocycles. The number of sulfonamides is 1. The Labute approximate surface area is 207 Å². The average molecular weight is 510 g/mol. The fraction of sp³-hybridized carbons (Fsp3) is 0.0400. The highest BCUT2D eigenvalue weighted by molar-refractivity contribution is 7.92. The highest BCUT2D eigenvalue weighted by Crippen LogP contribution is 2.26. The summed E-state index contributed by atoms with van der Waals surface area (Å²) in [4.78, 5) is 25.6. The predicted molar refractivity (Wildman–Crippen MR) is 133 cm³/mol. The van der Waals surface area contributed by atoms with E-state index in [-0.39, 0.29) is 39.2 Å². The first-order valence-electron chi connectivity index (χ1n) is 10.4. The van der Waals surface area contributed by atoms with Crippen molar-refractivity contribution in [3.8, 4) is 0 Å². The van der Waals surface area contributed by atoms with E-state index in [9.17, 15) is 18.0 Å². The van der Waals surface area contributed by atoms with Crippen molar-refractivity contribution in [2.24, 2.45) is 0 Å². The first-order valence-corrected chi connectivity index (χ1v) is 12.3. The molecule has 0 saturated carbocycles. The van der Waals surface area contributed by atoms with E-state index in [1.165, 1.54) is 36.6 Å². The summed E-state index contributed by atoms with van der Waals surface area (Å²) in [5.74, 6) is -0.311. The van der Waals surface area contributed by atoms with Gasteiger partial charge in [0.1, 0.15) is 5.76 Å². The summed E-state index contributed by atoms with van der Waals surface area (Å²) in [7, 11) is -3.84. The molecule has 0 fully saturated rings. The van der Waals surface area contributed by atoms with E-state index in [2.05, 4.69) is 15.4 Å². The number of furan rings is 1. The van der Waals surface area contributed by atoms with Crippen LogP contribution in [0, 0.1) is 0 Å². The Bertz CT molecular complexity index is 1460. The third-order valence-electron chi connectivity index (χ3n) is 4.95. The molecule has 178 valence electrons. The first-order chi connectivity index (χ1) is 16.8. The van der Waals surface area contributed by atoms with Gasteiger partial charge < -0.3 is 15.1 Å². The third-order valence-corrected chi connectivity index (χ3v) is 6.65. The van der Waals surface area contributed by atoms with Crippen LogP contribution in [0.4, 0.5) is 11.4 Å². The first kappa shape index (κ1) is 24.1. The van der Waals surface area contributed by atoms with Gasteiger partial charge in [0.05, 0.1) is 39.7 Å². The summed E-state index contributed by atoms with van der Waals surface area (Å²) in [6, 6.07) is 22.0. The fourth-order valence-electron chi connectivity index (χ4n) is 3.20. The van der Waals surface area contributed by atoms with Crippen molar-refractivity contribution in [1.29, 1.82) is 0 Å². The number of hydrogen-bond acceptors (Lipinski definition) is 5. The van der Waals surface area contributed by atoms with Crippen LogP contribution in [0.15, 0.2) is 101 Å². The summed E-state index contributed by atoms with van der Waals surface area (Å²) in [5.41, 5.74) is 0.887. The van der Waals surface area contributed by atoms with Crippen LogP contribution in [0.2, 0.25) is 5.02 Å². The lowest BCUT2D eigenvalue weighted by molar-refractivity contribution is 0.0949. The number of halogens is 1. The number of para-hydroxylation sites is 1. The van der Waals surface area contributed by atoms with Gasteiger partial charge in [0, 0.05) is 5.56 Å². The van der Waals surface area contributed by atoms with Crippen molar-refractivity contribution in [2.45, 2.75) is 11.4 Å². The van der Waals surface area contributed by atoms with E-state index in [0.717, 1.165) is 0 Å². The monoisotopic (exact) mass is 509 g/mol. The quantitative estimate of drug-likeness (QED) is 0.312. The number of nitrogens with one attached hydrogen (secondary N) is 3. The van der Waals surface area contributed by atoms with E-state index < -0.39 is 15.9 Å². The Morgan fingerprint density at radius 1 is 0.829 bits per heavy atom. The van der Waals surface area contributed by atoms with Crippen LogP contribution in [-0.4, -0.2) is 20.2 Å². The minimum absolute atomic E-state index is 0.0432. The van der Waals surface area contributed by atoms with Crippen LogP contribution >= 0.6 is 11.6 Å². The molecule has 0 spiro atoms. The number of amides is 2. The summed E-state index contributed by atoms with van der Waals surface area (Å²) in [6.07, 6.45) is 1.51. The van der Waals surface area contributed by atoms with E-state index in [1.807, 2.05) is 0 Å². The SMILES string of the molecule is O=C(Nc1ccccc1C(=O)NCc1ccco1)c1ccc(NS(=O)(=O)c2ccccc2)c(Cl)c1. The van der Waals surface area contributed by atoms with Gasteiger partial charge in [0.25, 0.3) is 21.8 Å². The van der Waals surface area contributed by atoms with Crippen molar-refractivity contribution in [1.82, 2.24) is 5.32 Å². The highest BCUT2D eigenvalue weighted by atomic mass is 35.5. The number of benzene rings is 3. The van der Waals surface area contributed by atoms with Gasteiger partial charge in [-0.05, 0) is 54.6 Å². The van der Waals surface area contributed by atoms with Gasteiger partial charge in [-0.15, -0.1) is 0 Å². The second kappa shape index (κ2) is 10.5. The zero-order chi connectivity index (χ0) is 24.8. The molecule has 0 saturated heterocycles. The third kappa shape index (κ3) is 5.89. The Kier molecular flexibility index (Phi) is 7.19. The zero-order valence-electron chi connectivity index (χ0n) is 18.2. The minimum atomic E-state index is -3.84. The lowest BCUT2D eigenvalue weighted by Gasteiger charge is -2.13. The smallest absolute Gasteiger partial charge is 0.261 e. The maximum Gasteiger partial charge on any atom is 0.261 e. The number of carbonyl (C=O) groups excluding carboxylic acids is 2. The molecular formula is C25H20ClN3O5S. The molecule has 2 amide bonds. The van der Waals surface area contributed by atoms with E-state index in [0.29, 0.717) is 11.4 Å². The standard InChI is InChI=1S/C25H20ClN3O5S/c26-21-15-17(12-13-23(21)29-35(32,33)19-8-2-1-3-9-19)24(30)28-22-11-5-4-10-20(22)25(31)27-16-18-7-6-14-34-18/h1-15,29H,16H2,(H,27,31)(H,28,30). The topological polar surface area (TPSA) is 118 Å². The molecule has 4 aromatic rings. The van der Waals surface area contributed by atoms with Crippen LogP contribution in [-0.2, 0) is 16.6 Å². The molecule has 3 N–H and O–H groups in total. The Hall–Kier alpha value is -4.08. The van der Waals surface area contributed by atoms with Crippen molar-refractivity contribution in [3.63, 3.8) is 0 Å². The van der Waals surface area contributed by atoms with Gasteiger partial charge in [-0.2, -0.15) is 0 Å². The van der Waals surface area contributed by atoms with Crippen LogP contribution in [0.3, 0.4) is 0 Å². The Morgan fingerprint density at radius 3 is 2.29 bits per heavy atom. The van der Waals surface area contributed by atoms with Gasteiger partial charge in [0.2, 0.25) is 0 Å². The fourth-order valence-corrected chi connectivity index (χ4v) is 4.59. The lowest BCUT2D eigenvalue weighted by atomic mass is 10.1. The molecule has 0 radical (unpaired) electrons. The zero-order valence-corrected chi connectivity index (χ0v) is 19.8. The maximum atomic E-state index is 12.8. The normalized spacial score (nSPS) is 11.0. The molecule has 4 rings (SSSR count). The van der Waals surface area contributed by atoms with Crippen LogP contribution in [0.5, 0.6) is 0 Å².